The number of rotatable bonds is 3. The number of nitrogens with two attached hydrogens (primary N) is 1. The highest BCUT2D eigenvalue weighted by molar-refractivity contribution is 7.93. The molecule has 0 unspecified atom stereocenters. The summed E-state index contributed by atoms with van der Waals surface area (Å²) in [4.78, 5) is -0.0218. The lowest BCUT2D eigenvalue weighted by molar-refractivity contribution is 0.595. The van der Waals surface area contributed by atoms with E-state index in [2.05, 4.69) is 10.2 Å². The summed E-state index contributed by atoms with van der Waals surface area (Å²) < 4.78 is 25.8. The highest BCUT2D eigenvalue weighted by Gasteiger charge is 2.25. The summed E-state index contributed by atoms with van der Waals surface area (Å²) in [5.74, 6) is 0.0366. The zero-order valence-electron chi connectivity index (χ0n) is 10.1. The maximum absolute atomic E-state index is 12.3. The molecule has 0 amide bonds. The number of aromatic nitrogens is 2. The lowest BCUT2D eigenvalue weighted by Crippen LogP contribution is -2.26. The van der Waals surface area contributed by atoms with Gasteiger partial charge in [-0.1, -0.05) is 12.1 Å². The van der Waals surface area contributed by atoms with Crippen LogP contribution < -0.4 is 10.0 Å². The van der Waals surface area contributed by atoms with E-state index in [0.717, 1.165) is 5.56 Å². The summed E-state index contributed by atoms with van der Waals surface area (Å²) in [5.41, 5.74) is 7.11. The minimum atomic E-state index is -3.68. The molecule has 18 heavy (non-hydrogen) atoms. The Morgan fingerprint density at radius 3 is 2.67 bits per heavy atom. The Bertz CT molecular complexity index is 663. The van der Waals surface area contributed by atoms with Gasteiger partial charge in [0.1, 0.15) is 10.7 Å². The van der Waals surface area contributed by atoms with Crippen molar-refractivity contribution in [1.82, 2.24) is 10.2 Å². The van der Waals surface area contributed by atoms with Gasteiger partial charge in [-0.05, 0) is 24.6 Å². The molecular weight excluding hydrogens is 252 g/mol. The SMILES string of the molecule is Cc1cccc(N(C)S(=O)(=O)c2cn[nH]c2N)c1. The van der Waals surface area contributed by atoms with E-state index in [1.54, 1.807) is 18.2 Å². The van der Waals surface area contributed by atoms with Crippen molar-refractivity contribution in [2.24, 2.45) is 0 Å². The number of aromatic amines is 1. The standard InChI is InChI=1S/C11H14N4O2S/c1-8-4-3-5-9(6-8)15(2)18(16,17)10-7-13-14-11(10)12/h3-7H,1-2H3,(H3,12,13,14). The van der Waals surface area contributed by atoms with Gasteiger partial charge in [0.2, 0.25) is 0 Å². The molecule has 0 saturated heterocycles. The van der Waals surface area contributed by atoms with E-state index in [-0.39, 0.29) is 10.7 Å². The van der Waals surface area contributed by atoms with Crippen LogP contribution in [0.3, 0.4) is 0 Å². The lowest BCUT2D eigenvalue weighted by atomic mass is 10.2. The lowest BCUT2D eigenvalue weighted by Gasteiger charge is -2.19. The first-order valence-corrected chi connectivity index (χ1v) is 6.71. The second kappa shape index (κ2) is 4.34. The van der Waals surface area contributed by atoms with Crippen molar-refractivity contribution in [3.63, 3.8) is 0 Å². The molecule has 7 heteroatoms. The van der Waals surface area contributed by atoms with Crippen LogP contribution in [0.1, 0.15) is 5.56 Å². The van der Waals surface area contributed by atoms with E-state index < -0.39 is 10.0 Å². The predicted molar refractivity (Wildman–Crippen MR) is 69.8 cm³/mol. The van der Waals surface area contributed by atoms with Gasteiger partial charge in [0, 0.05) is 7.05 Å². The van der Waals surface area contributed by atoms with Crippen molar-refractivity contribution in [3.05, 3.63) is 36.0 Å². The van der Waals surface area contributed by atoms with Gasteiger partial charge < -0.3 is 5.73 Å². The molecule has 6 nitrogen and oxygen atoms in total. The number of sulfonamides is 1. The maximum atomic E-state index is 12.3. The van der Waals surface area contributed by atoms with Crippen molar-refractivity contribution in [2.45, 2.75) is 11.8 Å². The zero-order valence-corrected chi connectivity index (χ0v) is 10.9. The van der Waals surface area contributed by atoms with Gasteiger partial charge in [0.05, 0.1) is 11.9 Å². The molecule has 96 valence electrons. The van der Waals surface area contributed by atoms with Crippen LogP contribution in [0.5, 0.6) is 0 Å². The molecule has 0 fully saturated rings. The van der Waals surface area contributed by atoms with E-state index in [0.29, 0.717) is 5.69 Å². The quantitative estimate of drug-likeness (QED) is 0.871. The highest BCUT2D eigenvalue weighted by Crippen LogP contribution is 2.24. The van der Waals surface area contributed by atoms with Crippen LogP contribution in [0.4, 0.5) is 11.5 Å². The van der Waals surface area contributed by atoms with Crippen molar-refractivity contribution in [1.29, 1.82) is 0 Å². The third-order valence-corrected chi connectivity index (χ3v) is 4.45. The van der Waals surface area contributed by atoms with Crippen molar-refractivity contribution < 1.29 is 8.42 Å². The second-order valence-corrected chi connectivity index (χ2v) is 5.90. The number of H-pyrrole nitrogens is 1. The van der Waals surface area contributed by atoms with E-state index >= 15 is 0 Å². The minimum absolute atomic E-state index is 0.0218. The van der Waals surface area contributed by atoms with Crippen molar-refractivity contribution >= 4 is 21.5 Å². The topological polar surface area (TPSA) is 92.1 Å². The number of hydrogen-bond donors (Lipinski definition) is 2. The first-order valence-electron chi connectivity index (χ1n) is 5.27. The highest BCUT2D eigenvalue weighted by atomic mass is 32.2. The van der Waals surface area contributed by atoms with Gasteiger partial charge >= 0.3 is 0 Å². The van der Waals surface area contributed by atoms with E-state index in [1.165, 1.54) is 17.5 Å². The molecular formula is C11H14N4O2S. The Balaban J connectivity index is 2.46. The number of anilines is 2. The number of nitrogen functional groups attached to an aromatic ring is 1. The van der Waals surface area contributed by atoms with E-state index in [4.69, 9.17) is 5.73 Å². The van der Waals surface area contributed by atoms with Gasteiger partial charge in [-0.25, -0.2) is 8.42 Å². The largest absolute Gasteiger partial charge is 0.383 e. The first-order chi connectivity index (χ1) is 8.43. The van der Waals surface area contributed by atoms with Gasteiger partial charge in [-0.2, -0.15) is 5.10 Å². The Labute approximate surface area is 105 Å². The average molecular weight is 266 g/mol. The summed E-state index contributed by atoms with van der Waals surface area (Å²) in [5, 5.41) is 6.04. The average Bonchev–Trinajstić information content (AvgIpc) is 2.75. The molecule has 0 aliphatic carbocycles. The molecule has 0 aliphatic rings. The molecule has 1 heterocycles. The third-order valence-electron chi connectivity index (χ3n) is 2.64. The molecule has 1 aromatic carbocycles. The number of aryl methyl sites for hydroxylation is 1. The summed E-state index contributed by atoms with van der Waals surface area (Å²) >= 11 is 0. The van der Waals surface area contributed by atoms with Crippen LogP contribution in [0.2, 0.25) is 0 Å². The molecule has 0 saturated carbocycles. The Hall–Kier alpha value is -2.02. The fourth-order valence-corrected chi connectivity index (χ4v) is 2.80. The van der Waals surface area contributed by atoms with Crippen molar-refractivity contribution in [3.8, 4) is 0 Å². The van der Waals surface area contributed by atoms with E-state index in [1.807, 2.05) is 13.0 Å². The smallest absolute Gasteiger partial charge is 0.269 e. The van der Waals surface area contributed by atoms with Crippen LogP contribution in [-0.4, -0.2) is 25.7 Å². The Morgan fingerprint density at radius 1 is 1.39 bits per heavy atom. The number of nitrogens with zero attached hydrogens (tertiary/aromatic N) is 2. The van der Waals surface area contributed by atoms with Crippen molar-refractivity contribution in [2.75, 3.05) is 17.1 Å². The minimum Gasteiger partial charge on any atom is -0.383 e. The molecule has 1 aromatic heterocycles. The third kappa shape index (κ3) is 2.04. The number of hydrogen-bond acceptors (Lipinski definition) is 4. The first kappa shape index (κ1) is 12.4. The number of nitrogens with one attached hydrogen (secondary N) is 1. The molecule has 0 atom stereocenters. The summed E-state index contributed by atoms with van der Waals surface area (Å²) in [7, 11) is -2.20. The molecule has 0 bridgehead atoms. The summed E-state index contributed by atoms with van der Waals surface area (Å²) in [6.45, 7) is 1.90. The maximum Gasteiger partial charge on any atom is 0.269 e. The fourth-order valence-electron chi connectivity index (χ4n) is 1.60. The summed E-state index contributed by atoms with van der Waals surface area (Å²) in [6, 6.07) is 7.21. The summed E-state index contributed by atoms with van der Waals surface area (Å²) in [6.07, 6.45) is 1.21. The van der Waals surface area contributed by atoms with Gasteiger partial charge in [0.15, 0.2) is 0 Å². The molecule has 3 N–H and O–H groups in total. The Morgan fingerprint density at radius 2 is 2.11 bits per heavy atom. The zero-order chi connectivity index (χ0) is 13.3. The second-order valence-electron chi connectivity index (χ2n) is 3.96. The van der Waals surface area contributed by atoms with Gasteiger partial charge in [-0.15, -0.1) is 0 Å². The van der Waals surface area contributed by atoms with Crippen LogP contribution in [-0.2, 0) is 10.0 Å². The normalized spacial score (nSPS) is 11.4. The molecule has 2 aromatic rings. The fraction of sp³-hybridized carbons (Fsp3) is 0.182. The predicted octanol–water partition coefficient (Wildman–Crippen LogP) is 1.13. The van der Waals surface area contributed by atoms with Gasteiger partial charge in [0.25, 0.3) is 10.0 Å². The van der Waals surface area contributed by atoms with Crippen LogP contribution in [0.15, 0.2) is 35.4 Å². The van der Waals surface area contributed by atoms with E-state index in [9.17, 15) is 8.42 Å². The van der Waals surface area contributed by atoms with Crippen LogP contribution in [0, 0.1) is 6.92 Å². The van der Waals surface area contributed by atoms with Gasteiger partial charge in [-0.3, -0.25) is 9.40 Å². The molecule has 0 spiro atoms. The number of benzene rings is 1. The molecule has 0 radical (unpaired) electrons. The molecule has 0 aliphatic heterocycles. The monoisotopic (exact) mass is 266 g/mol. The Kier molecular flexibility index (Phi) is 3.00. The molecule has 2 rings (SSSR count). The van der Waals surface area contributed by atoms with Crippen LogP contribution in [0.25, 0.3) is 0 Å². The van der Waals surface area contributed by atoms with Crippen LogP contribution >= 0.6 is 0 Å².